The van der Waals surface area contributed by atoms with Crippen molar-refractivity contribution >= 4 is 11.8 Å². The van der Waals surface area contributed by atoms with Crippen molar-refractivity contribution in [2.24, 2.45) is 0 Å². The van der Waals surface area contributed by atoms with Gasteiger partial charge in [-0.3, -0.25) is 9.69 Å². The Labute approximate surface area is 150 Å². The third-order valence-electron chi connectivity index (χ3n) is 4.29. The van der Waals surface area contributed by atoms with E-state index in [2.05, 4.69) is 20.9 Å². The number of anilines is 1. The molecular weight excluding hydrogens is 316 g/mol. The number of rotatable bonds is 4. The second-order valence-electron chi connectivity index (χ2n) is 7.57. The van der Waals surface area contributed by atoms with Crippen molar-refractivity contribution in [2.75, 3.05) is 31.6 Å². The molecule has 0 saturated carbocycles. The smallest absolute Gasteiger partial charge is 0.320 e. The molecule has 6 heteroatoms. The summed E-state index contributed by atoms with van der Waals surface area (Å²) in [4.78, 5) is 20.7. The van der Waals surface area contributed by atoms with E-state index in [1.807, 2.05) is 40.0 Å². The standard InChI is InChI=1S/C19H28N4O2/c1-19(2,3)25-18(24)14-22(4)16-8-6-11-23(12-10-16)17-9-5-7-15(13-20)21-17/h5,7,9,16H,6,8,10-12,14H2,1-4H3. The molecule has 1 aliphatic rings. The number of carbonyl (C=O) groups is 1. The molecule has 1 fully saturated rings. The summed E-state index contributed by atoms with van der Waals surface area (Å²) < 4.78 is 5.41. The highest BCUT2D eigenvalue weighted by Gasteiger charge is 2.24. The fourth-order valence-corrected chi connectivity index (χ4v) is 3.12. The van der Waals surface area contributed by atoms with Crippen LogP contribution in [0, 0.1) is 11.3 Å². The Morgan fingerprint density at radius 3 is 2.84 bits per heavy atom. The molecular formula is C19H28N4O2. The van der Waals surface area contributed by atoms with Crippen LogP contribution >= 0.6 is 0 Å². The molecule has 2 rings (SSSR count). The van der Waals surface area contributed by atoms with E-state index >= 15 is 0 Å². The van der Waals surface area contributed by atoms with Gasteiger partial charge in [-0.15, -0.1) is 0 Å². The minimum atomic E-state index is -0.449. The first kappa shape index (κ1) is 19.2. The zero-order valence-electron chi connectivity index (χ0n) is 15.7. The minimum absolute atomic E-state index is 0.181. The van der Waals surface area contributed by atoms with Gasteiger partial charge in [-0.25, -0.2) is 4.98 Å². The molecule has 0 aliphatic carbocycles. The van der Waals surface area contributed by atoms with E-state index in [0.29, 0.717) is 18.3 Å². The first-order valence-electron chi connectivity index (χ1n) is 8.82. The maximum Gasteiger partial charge on any atom is 0.320 e. The molecule has 1 atom stereocenters. The monoisotopic (exact) mass is 344 g/mol. The summed E-state index contributed by atoms with van der Waals surface area (Å²) in [5.74, 6) is 0.675. The maximum absolute atomic E-state index is 12.0. The van der Waals surface area contributed by atoms with Crippen LogP contribution in [0.1, 0.15) is 45.7 Å². The Hall–Kier alpha value is -2.13. The molecule has 136 valence electrons. The van der Waals surface area contributed by atoms with E-state index in [-0.39, 0.29) is 5.97 Å². The predicted molar refractivity (Wildman–Crippen MR) is 97.3 cm³/mol. The molecule has 0 N–H and O–H groups in total. The lowest BCUT2D eigenvalue weighted by Gasteiger charge is -2.28. The Morgan fingerprint density at radius 2 is 2.16 bits per heavy atom. The normalized spacial score (nSPS) is 18.6. The summed E-state index contributed by atoms with van der Waals surface area (Å²) in [6.45, 7) is 7.75. The van der Waals surface area contributed by atoms with Crippen molar-refractivity contribution in [2.45, 2.75) is 51.7 Å². The average Bonchev–Trinajstić information content (AvgIpc) is 2.79. The van der Waals surface area contributed by atoms with E-state index in [1.165, 1.54) is 0 Å². The molecule has 0 spiro atoms. The fourth-order valence-electron chi connectivity index (χ4n) is 3.12. The molecule has 1 saturated heterocycles. The van der Waals surface area contributed by atoms with Crippen molar-refractivity contribution in [3.05, 3.63) is 23.9 Å². The van der Waals surface area contributed by atoms with Crippen LogP contribution in [0.3, 0.4) is 0 Å². The largest absolute Gasteiger partial charge is 0.459 e. The predicted octanol–water partition coefficient (Wildman–Crippen LogP) is 2.59. The highest BCUT2D eigenvalue weighted by Crippen LogP contribution is 2.20. The molecule has 1 aliphatic heterocycles. The first-order chi connectivity index (χ1) is 11.8. The average molecular weight is 344 g/mol. The number of carbonyl (C=O) groups excluding carboxylic acids is 1. The lowest BCUT2D eigenvalue weighted by atomic mass is 10.1. The van der Waals surface area contributed by atoms with Crippen LogP contribution < -0.4 is 4.90 Å². The quantitative estimate of drug-likeness (QED) is 0.782. The second kappa shape index (κ2) is 8.30. The van der Waals surface area contributed by atoms with Gasteiger partial charge in [-0.05, 0) is 59.2 Å². The summed E-state index contributed by atoms with van der Waals surface area (Å²) in [6, 6.07) is 7.98. The van der Waals surface area contributed by atoms with Gasteiger partial charge in [-0.2, -0.15) is 5.26 Å². The number of likely N-dealkylation sites (N-methyl/N-ethyl adjacent to an activating group) is 1. The van der Waals surface area contributed by atoms with Crippen LogP contribution in [0.4, 0.5) is 5.82 Å². The molecule has 0 amide bonds. The van der Waals surface area contributed by atoms with Crippen molar-refractivity contribution in [1.82, 2.24) is 9.88 Å². The zero-order valence-corrected chi connectivity index (χ0v) is 15.7. The van der Waals surface area contributed by atoms with Gasteiger partial charge in [0.1, 0.15) is 23.2 Å². The molecule has 2 heterocycles. The fraction of sp³-hybridized carbons (Fsp3) is 0.632. The maximum atomic E-state index is 12.0. The number of hydrogen-bond donors (Lipinski definition) is 0. The third-order valence-corrected chi connectivity index (χ3v) is 4.29. The van der Waals surface area contributed by atoms with Gasteiger partial charge in [-0.1, -0.05) is 6.07 Å². The van der Waals surface area contributed by atoms with E-state index < -0.39 is 5.60 Å². The summed E-state index contributed by atoms with van der Waals surface area (Å²) in [5, 5.41) is 9.01. The molecule has 0 aromatic carbocycles. The van der Waals surface area contributed by atoms with E-state index in [4.69, 9.17) is 10.00 Å². The number of esters is 1. The topological polar surface area (TPSA) is 69.5 Å². The molecule has 6 nitrogen and oxygen atoms in total. The van der Waals surface area contributed by atoms with Crippen LogP contribution in [0.15, 0.2) is 18.2 Å². The van der Waals surface area contributed by atoms with Crippen molar-refractivity contribution < 1.29 is 9.53 Å². The van der Waals surface area contributed by atoms with Gasteiger partial charge in [0, 0.05) is 19.1 Å². The Balaban J connectivity index is 1.92. The van der Waals surface area contributed by atoms with Crippen LogP contribution in [-0.2, 0) is 9.53 Å². The van der Waals surface area contributed by atoms with Crippen molar-refractivity contribution in [1.29, 1.82) is 5.26 Å². The van der Waals surface area contributed by atoms with E-state index in [0.717, 1.165) is 38.2 Å². The summed E-state index contributed by atoms with van der Waals surface area (Å²) >= 11 is 0. The third kappa shape index (κ3) is 6.02. The number of aromatic nitrogens is 1. The van der Waals surface area contributed by atoms with Gasteiger partial charge in [0.05, 0.1) is 6.54 Å². The molecule has 0 radical (unpaired) electrons. The molecule has 1 aromatic rings. The molecule has 25 heavy (non-hydrogen) atoms. The lowest BCUT2D eigenvalue weighted by molar-refractivity contribution is -0.156. The number of ether oxygens (including phenoxy) is 1. The van der Waals surface area contributed by atoms with Crippen LogP contribution in [0.25, 0.3) is 0 Å². The van der Waals surface area contributed by atoms with E-state index in [9.17, 15) is 4.79 Å². The van der Waals surface area contributed by atoms with Gasteiger partial charge in [0.15, 0.2) is 0 Å². The van der Waals surface area contributed by atoms with Crippen LogP contribution in [-0.4, -0.2) is 54.2 Å². The Bertz CT molecular complexity index is 633. The SMILES string of the molecule is CN(CC(=O)OC(C)(C)C)C1CCCN(c2cccc(C#N)n2)CC1. The number of nitriles is 1. The minimum Gasteiger partial charge on any atom is -0.459 e. The summed E-state index contributed by atoms with van der Waals surface area (Å²) in [5.41, 5.74) is -0.00405. The summed E-state index contributed by atoms with van der Waals surface area (Å²) in [7, 11) is 1.98. The number of hydrogen-bond acceptors (Lipinski definition) is 6. The number of pyridine rings is 1. The molecule has 1 unspecified atom stereocenters. The van der Waals surface area contributed by atoms with Gasteiger partial charge in [0.25, 0.3) is 0 Å². The molecule has 1 aromatic heterocycles. The van der Waals surface area contributed by atoms with Crippen molar-refractivity contribution in [3.63, 3.8) is 0 Å². The summed E-state index contributed by atoms with van der Waals surface area (Å²) in [6.07, 6.45) is 3.02. The Kier molecular flexibility index (Phi) is 6.38. The highest BCUT2D eigenvalue weighted by molar-refractivity contribution is 5.72. The second-order valence-corrected chi connectivity index (χ2v) is 7.57. The molecule has 0 bridgehead atoms. The van der Waals surface area contributed by atoms with Gasteiger partial charge < -0.3 is 9.64 Å². The van der Waals surface area contributed by atoms with Gasteiger partial charge in [0.2, 0.25) is 0 Å². The highest BCUT2D eigenvalue weighted by atomic mass is 16.6. The Morgan fingerprint density at radius 1 is 1.40 bits per heavy atom. The number of nitrogens with zero attached hydrogens (tertiary/aromatic N) is 4. The van der Waals surface area contributed by atoms with Crippen LogP contribution in [0.2, 0.25) is 0 Å². The van der Waals surface area contributed by atoms with E-state index in [1.54, 1.807) is 6.07 Å². The lowest BCUT2D eigenvalue weighted by Crippen LogP contribution is -2.39. The van der Waals surface area contributed by atoms with Crippen molar-refractivity contribution in [3.8, 4) is 6.07 Å². The van der Waals surface area contributed by atoms with Gasteiger partial charge >= 0.3 is 5.97 Å². The first-order valence-corrected chi connectivity index (χ1v) is 8.82. The van der Waals surface area contributed by atoms with Crippen LogP contribution in [0.5, 0.6) is 0 Å². The zero-order chi connectivity index (χ0) is 18.4.